The summed E-state index contributed by atoms with van der Waals surface area (Å²) in [5.41, 5.74) is 0. The molecule has 0 fully saturated rings. The van der Waals surface area contributed by atoms with E-state index in [4.69, 9.17) is 14.3 Å². The van der Waals surface area contributed by atoms with Gasteiger partial charge in [-0.05, 0) is 38.2 Å². The average Bonchev–Trinajstić information content (AvgIpc) is 3.19. The molecule has 1 aromatic rings. The topological polar surface area (TPSA) is 76.7 Å². The summed E-state index contributed by atoms with van der Waals surface area (Å²) in [7, 11) is 0. The van der Waals surface area contributed by atoms with E-state index in [-0.39, 0.29) is 11.7 Å². The normalized spacial score (nSPS) is 11.2. The molecule has 170 valence electrons. The zero-order chi connectivity index (χ0) is 21.9. The first-order chi connectivity index (χ1) is 14.6. The maximum atomic E-state index is 11.6. The number of rotatable bonds is 20. The number of furan rings is 1. The molecule has 5 nitrogen and oxygen atoms in total. The van der Waals surface area contributed by atoms with Crippen LogP contribution in [0, 0.1) is 0 Å². The van der Waals surface area contributed by atoms with Crippen molar-refractivity contribution < 1.29 is 23.8 Å². The van der Waals surface area contributed by atoms with Crippen molar-refractivity contribution in [3.8, 4) is 5.95 Å². The highest BCUT2D eigenvalue weighted by atomic mass is 16.6. The zero-order valence-electron chi connectivity index (χ0n) is 18.7. The number of carboxylic acids is 1. The van der Waals surface area contributed by atoms with Crippen molar-refractivity contribution in [1.29, 1.82) is 0 Å². The first-order valence-electron chi connectivity index (χ1n) is 11.8. The number of hydrogen-bond donors (Lipinski definition) is 1. The van der Waals surface area contributed by atoms with Crippen LogP contribution >= 0.6 is 0 Å². The number of ketones is 1. The summed E-state index contributed by atoms with van der Waals surface area (Å²) in [5.74, 6) is -1.40. The van der Waals surface area contributed by atoms with Crippen LogP contribution in [0.4, 0.5) is 0 Å². The maximum Gasteiger partial charge on any atom is 0.311 e. The van der Waals surface area contributed by atoms with E-state index < -0.39 is 18.2 Å². The van der Waals surface area contributed by atoms with Gasteiger partial charge in [0.05, 0.1) is 6.61 Å². The second-order valence-corrected chi connectivity index (χ2v) is 7.90. The molecule has 0 amide bonds. The van der Waals surface area contributed by atoms with Crippen LogP contribution in [0.25, 0.3) is 0 Å². The summed E-state index contributed by atoms with van der Waals surface area (Å²) in [6, 6.07) is 3.03. The largest absolute Gasteiger partial charge is 0.481 e. The van der Waals surface area contributed by atoms with Gasteiger partial charge in [0.25, 0.3) is 5.95 Å². The number of carbonyl (C=O) groups is 2. The number of carboxylic acid groups (broad SMARTS) is 1. The molecule has 0 aliphatic heterocycles. The van der Waals surface area contributed by atoms with Crippen molar-refractivity contribution in [3.63, 3.8) is 0 Å². The van der Waals surface area contributed by atoms with Gasteiger partial charge in [0.15, 0.2) is 5.76 Å². The van der Waals surface area contributed by atoms with E-state index in [0.29, 0.717) is 6.61 Å². The minimum absolute atomic E-state index is 0.0356. The summed E-state index contributed by atoms with van der Waals surface area (Å²) in [6.07, 6.45) is 21.8. The van der Waals surface area contributed by atoms with Crippen LogP contribution in [-0.4, -0.2) is 23.5 Å². The van der Waals surface area contributed by atoms with Gasteiger partial charge in [-0.1, -0.05) is 76.9 Å². The SMILES string of the molecule is CCCCCCCC/C=C/CCCCCCCCOc1ccc(C(=O)CC(=O)O)o1. The minimum Gasteiger partial charge on any atom is -0.481 e. The predicted molar refractivity (Wildman–Crippen MR) is 120 cm³/mol. The Morgan fingerprint density at radius 3 is 2.03 bits per heavy atom. The Morgan fingerprint density at radius 2 is 1.43 bits per heavy atom. The average molecular weight is 421 g/mol. The third-order valence-electron chi connectivity index (χ3n) is 5.07. The predicted octanol–water partition coefficient (Wildman–Crippen LogP) is 7.35. The zero-order valence-corrected chi connectivity index (χ0v) is 18.7. The van der Waals surface area contributed by atoms with Gasteiger partial charge in [0.2, 0.25) is 5.78 Å². The maximum absolute atomic E-state index is 11.6. The molecule has 0 aliphatic rings. The lowest BCUT2D eigenvalue weighted by Gasteiger charge is -2.03. The Labute approximate surface area is 181 Å². The second kappa shape index (κ2) is 17.8. The van der Waals surface area contributed by atoms with Crippen LogP contribution in [0.1, 0.15) is 114 Å². The first kappa shape index (κ1) is 26.0. The van der Waals surface area contributed by atoms with Crippen molar-refractivity contribution >= 4 is 11.8 Å². The Bertz CT molecular complexity index is 602. The van der Waals surface area contributed by atoms with Crippen LogP contribution in [0.15, 0.2) is 28.7 Å². The Morgan fingerprint density at radius 1 is 0.867 bits per heavy atom. The molecule has 30 heavy (non-hydrogen) atoms. The number of hydrogen-bond acceptors (Lipinski definition) is 4. The summed E-state index contributed by atoms with van der Waals surface area (Å²) in [5, 5.41) is 8.62. The van der Waals surface area contributed by atoms with Gasteiger partial charge in [0, 0.05) is 6.07 Å². The number of unbranched alkanes of at least 4 members (excludes halogenated alkanes) is 12. The molecule has 0 unspecified atom stereocenters. The lowest BCUT2D eigenvalue weighted by molar-refractivity contribution is -0.135. The Hall–Kier alpha value is -2.04. The molecule has 0 radical (unpaired) electrons. The van der Waals surface area contributed by atoms with Crippen LogP contribution in [0.2, 0.25) is 0 Å². The lowest BCUT2D eigenvalue weighted by Crippen LogP contribution is -2.05. The fraction of sp³-hybridized carbons (Fsp3) is 0.680. The lowest BCUT2D eigenvalue weighted by atomic mass is 10.1. The number of carbonyl (C=O) groups excluding carboxylic acids is 1. The van der Waals surface area contributed by atoms with Gasteiger partial charge < -0.3 is 14.3 Å². The number of allylic oxidation sites excluding steroid dienone is 2. The molecule has 1 aromatic heterocycles. The molecule has 0 spiro atoms. The summed E-state index contributed by atoms with van der Waals surface area (Å²) >= 11 is 0. The third-order valence-corrected chi connectivity index (χ3v) is 5.07. The number of ether oxygens (including phenoxy) is 1. The van der Waals surface area contributed by atoms with Gasteiger partial charge in [-0.2, -0.15) is 0 Å². The molecule has 0 aromatic carbocycles. The van der Waals surface area contributed by atoms with Crippen LogP contribution < -0.4 is 4.74 Å². The first-order valence-corrected chi connectivity index (χ1v) is 11.8. The van der Waals surface area contributed by atoms with E-state index in [1.807, 2.05) is 0 Å². The van der Waals surface area contributed by atoms with Gasteiger partial charge in [-0.3, -0.25) is 9.59 Å². The molecule has 1 rings (SSSR count). The summed E-state index contributed by atoms with van der Waals surface area (Å²) in [4.78, 5) is 22.1. The van der Waals surface area contributed by atoms with Crippen molar-refractivity contribution in [2.75, 3.05) is 6.61 Å². The monoisotopic (exact) mass is 420 g/mol. The second-order valence-electron chi connectivity index (χ2n) is 7.90. The molecule has 0 bridgehead atoms. The fourth-order valence-corrected chi connectivity index (χ4v) is 3.29. The van der Waals surface area contributed by atoms with Gasteiger partial charge in [-0.25, -0.2) is 0 Å². The van der Waals surface area contributed by atoms with E-state index in [2.05, 4.69) is 19.1 Å². The van der Waals surface area contributed by atoms with Crippen LogP contribution in [-0.2, 0) is 4.79 Å². The highest BCUT2D eigenvalue weighted by molar-refractivity contribution is 6.03. The van der Waals surface area contributed by atoms with Crippen molar-refractivity contribution in [3.05, 3.63) is 30.0 Å². The number of Topliss-reactive ketones (excluding diaryl/α,β-unsaturated/α-hetero) is 1. The highest BCUT2D eigenvalue weighted by Gasteiger charge is 2.15. The Kier molecular flexibility index (Phi) is 15.4. The molecule has 0 saturated carbocycles. The molecule has 0 aliphatic carbocycles. The molecular weight excluding hydrogens is 380 g/mol. The smallest absolute Gasteiger partial charge is 0.311 e. The third kappa shape index (κ3) is 14.0. The molecular formula is C25H40O5. The molecule has 1 heterocycles. The van der Waals surface area contributed by atoms with Gasteiger partial charge >= 0.3 is 5.97 Å². The van der Waals surface area contributed by atoms with Gasteiger partial charge in [0.1, 0.15) is 6.42 Å². The van der Waals surface area contributed by atoms with E-state index in [0.717, 1.165) is 12.8 Å². The molecule has 0 atom stereocenters. The highest BCUT2D eigenvalue weighted by Crippen LogP contribution is 2.18. The van der Waals surface area contributed by atoms with Crippen LogP contribution in [0.3, 0.4) is 0 Å². The molecule has 5 heteroatoms. The van der Waals surface area contributed by atoms with Crippen molar-refractivity contribution in [2.24, 2.45) is 0 Å². The number of aliphatic carboxylic acids is 1. The van der Waals surface area contributed by atoms with Crippen molar-refractivity contribution in [2.45, 2.75) is 103 Å². The van der Waals surface area contributed by atoms with Gasteiger partial charge in [-0.15, -0.1) is 0 Å². The van der Waals surface area contributed by atoms with E-state index in [1.54, 1.807) is 6.07 Å². The summed E-state index contributed by atoms with van der Waals surface area (Å²) in [6.45, 7) is 2.80. The fourth-order valence-electron chi connectivity index (χ4n) is 3.29. The van der Waals surface area contributed by atoms with E-state index in [1.165, 1.54) is 83.1 Å². The molecule has 0 saturated heterocycles. The van der Waals surface area contributed by atoms with Crippen LogP contribution in [0.5, 0.6) is 5.95 Å². The summed E-state index contributed by atoms with van der Waals surface area (Å²) < 4.78 is 10.7. The standard InChI is InChI=1S/C25H40O5/c1-2-3-4-5-6-7-8-9-10-11-12-13-14-15-16-17-20-29-25-19-18-23(30-25)22(26)21-24(27)28/h9-10,18-19H,2-8,11-17,20-21H2,1H3,(H,27,28)/b10-9+. The quantitative estimate of drug-likeness (QED) is 0.103. The molecule has 1 N–H and O–H groups in total. The Balaban J connectivity index is 1.89. The van der Waals surface area contributed by atoms with Crippen molar-refractivity contribution in [1.82, 2.24) is 0 Å². The van der Waals surface area contributed by atoms with E-state index in [9.17, 15) is 9.59 Å². The minimum atomic E-state index is -1.16. The van der Waals surface area contributed by atoms with E-state index >= 15 is 0 Å².